The number of rotatable bonds is 5. The van der Waals surface area contributed by atoms with Crippen molar-refractivity contribution < 1.29 is 9.84 Å². The molecule has 0 aliphatic carbocycles. The number of fused-ring (bicyclic) bond motifs is 1. The van der Waals surface area contributed by atoms with E-state index in [4.69, 9.17) is 16.3 Å². The van der Waals surface area contributed by atoms with Crippen LogP contribution in [0.25, 0.3) is 22.4 Å². The van der Waals surface area contributed by atoms with Crippen LogP contribution in [-0.4, -0.2) is 27.2 Å². The summed E-state index contributed by atoms with van der Waals surface area (Å²) in [6.45, 7) is 0.659. The van der Waals surface area contributed by atoms with Crippen molar-refractivity contribution in [1.82, 2.24) is 15.0 Å². The predicted molar refractivity (Wildman–Crippen MR) is 104 cm³/mol. The highest BCUT2D eigenvalue weighted by atomic mass is 35.5. The number of thiazole rings is 1. The van der Waals surface area contributed by atoms with Crippen LogP contribution in [0.2, 0.25) is 4.47 Å². The SMILES string of the molecule is COc1cc(-c2nc3ccc(NCc4cnc(Cl)s4)cc3[nH]2)ccc1O. The highest BCUT2D eigenvalue weighted by Crippen LogP contribution is 2.31. The van der Waals surface area contributed by atoms with Crippen LogP contribution in [0.4, 0.5) is 5.69 Å². The summed E-state index contributed by atoms with van der Waals surface area (Å²) in [7, 11) is 1.52. The highest BCUT2D eigenvalue weighted by molar-refractivity contribution is 7.15. The van der Waals surface area contributed by atoms with E-state index >= 15 is 0 Å². The summed E-state index contributed by atoms with van der Waals surface area (Å²) in [6.07, 6.45) is 1.77. The standard InChI is InChI=1S/C18H15ClN4O2S/c1-25-16-6-10(2-5-15(16)24)17-22-13-4-3-11(7-14(13)23-17)20-8-12-9-21-18(19)26-12/h2-7,9,20,24H,8H2,1H3,(H,22,23). The summed E-state index contributed by atoms with van der Waals surface area (Å²) in [6, 6.07) is 11.1. The molecular formula is C18H15ClN4O2S. The molecule has 6 nitrogen and oxygen atoms in total. The van der Waals surface area contributed by atoms with E-state index in [1.807, 2.05) is 18.2 Å². The molecule has 8 heteroatoms. The Balaban J connectivity index is 1.59. The van der Waals surface area contributed by atoms with Crippen LogP contribution in [0.1, 0.15) is 4.88 Å². The first-order valence-corrected chi connectivity index (χ1v) is 9.03. The van der Waals surface area contributed by atoms with Gasteiger partial charge >= 0.3 is 0 Å². The van der Waals surface area contributed by atoms with Crippen molar-refractivity contribution in [2.75, 3.05) is 12.4 Å². The fraction of sp³-hybridized carbons (Fsp3) is 0.111. The number of phenolic OH excluding ortho intramolecular Hbond substituents is 1. The van der Waals surface area contributed by atoms with Gasteiger partial charge in [-0.3, -0.25) is 0 Å². The normalized spacial score (nSPS) is 11.0. The molecule has 0 saturated carbocycles. The summed E-state index contributed by atoms with van der Waals surface area (Å²) in [5.41, 5.74) is 3.59. The average molecular weight is 387 g/mol. The van der Waals surface area contributed by atoms with Gasteiger partial charge in [-0.2, -0.15) is 0 Å². The molecule has 0 saturated heterocycles. The molecule has 0 amide bonds. The molecule has 3 N–H and O–H groups in total. The second-order valence-electron chi connectivity index (χ2n) is 5.64. The maximum atomic E-state index is 9.74. The third-order valence-corrected chi connectivity index (χ3v) is 5.04. The number of ether oxygens (including phenoxy) is 1. The fourth-order valence-electron chi connectivity index (χ4n) is 2.64. The van der Waals surface area contributed by atoms with Crippen molar-refractivity contribution in [1.29, 1.82) is 0 Å². The minimum Gasteiger partial charge on any atom is -0.504 e. The van der Waals surface area contributed by atoms with Crippen LogP contribution in [0.15, 0.2) is 42.6 Å². The molecule has 0 fully saturated rings. The number of anilines is 1. The Morgan fingerprint density at radius 1 is 1.27 bits per heavy atom. The monoisotopic (exact) mass is 386 g/mol. The number of phenols is 1. The van der Waals surface area contributed by atoms with Gasteiger partial charge in [-0.15, -0.1) is 11.3 Å². The van der Waals surface area contributed by atoms with Crippen molar-refractivity contribution in [2.45, 2.75) is 6.54 Å². The van der Waals surface area contributed by atoms with E-state index in [1.54, 1.807) is 24.4 Å². The second-order valence-corrected chi connectivity index (χ2v) is 7.33. The van der Waals surface area contributed by atoms with Crippen molar-refractivity contribution >= 4 is 39.7 Å². The molecule has 4 aromatic rings. The number of hydrogen-bond acceptors (Lipinski definition) is 6. The quantitative estimate of drug-likeness (QED) is 0.464. The molecule has 2 aromatic heterocycles. The smallest absolute Gasteiger partial charge is 0.183 e. The topological polar surface area (TPSA) is 83.1 Å². The van der Waals surface area contributed by atoms with Crippen molar-refractivity contribution in [2.24, 2.45) is 0 Å². The molecule has 0 bridgehead atoms. The number of aromatic hydroxyl groups is 1. The number of halogens is 1. The molecule has 2 heterocycles. The molecule has 26 heavy (non-hydrogen) atoms. The number of nitrogens with one attached hydrogen (secondary N) is 2. The van der Waals surface area contributed by atoms with Crippen molar-refractivity contribution in [3.05, 3.63) is 51.9 Å². The van der Waals surface area contributed by atoms with E-state index in [9.17, 15) is 5.11 Å². The van der Waals surface area contributed by atoms with Crippen molar-refractivity contribution in [3.63, 3.8) is 0 Å². The van der Waals surface area contributed by atoms with Crippen LogP contribution in [-0.2, 0) is 6.54 Å². The number of imidazole rings is 1. The first kappa shape index (κ1) is 16.7. The van der Waals surface area contributed by atoms with Crippen LogP contribution in [0.3, 0.4) is 0 Å². The van der Waals surface area contributed by atoms with E-state index in [1.165, 1.54) is 18.4 Å². The number of methoxy groups -OCH3 is 1. The Morgan fingerprint density at radius 2 is 2.15 bits per heavy atom. The Kier molecular flexibility index (Phi) is 4.40. The largest absolute Gasteiger partial charge is 0.504 e. The minimum absolute atomic E-state index is 0.0991. The lowest BCUT2D eigenvalue weighted by Crippen LogP contribution is -1.96. The zero-order valence-electron chi connectivity index (χ0n) is 13.8. The number of hydrogen-bond donors (Lipinski definition) is 3. The molecule has 4 rings (SSSR count). The van der Waals surface area contributed by atoms with Crippen LogP contribution in [0.5, 0.6) is 11.5 Å². The minimum atomic E-state index is 0.0991. The third kappa shape index (κ3) is 3.31. The summed E-state index contributed by atoms with van der Waals surface area (Å²) < 4.78 is 5.70. The molecule has 0 aliphatic heterocycles. The lowest BCUT2D eigenvalue weighted by molar-refractivity contribution is 0.373. The van der Waals surface area contributed by atoms with E-state index in [2.05, 4.69) is 20.3 Å². The Morgan fingerprint density at radius 3 is 2.92 bits per heavy atom. The molecule has 132 valence electrons. The zero-order chi connectivity index (χ0) is 18.1. The van der Waals surface area contributed by atoms with Crippen molar-refractivity contribution in [3.8, 4) is 22.9 Å². The number of aromatic amines is 1. The first-order valence-electron chi connectivity index (χ1n) is 7.83. The summed E-state index contributed by atoms with van der Waals surface area (Å²) in [5, 5.41) is 13.1. The lowest BCUT2D eigenvalue weighted by atomic mass is 10.2. The zero-order valence-corrected chi connectivity index (χ0v) is 15.4. The fourth-order valence-corrected chi connectivity index (χ4v) is 3.55. The van der Waals surface area contributed by atoms with Crippen LogP contribution < -0.4 is 10.1 Å². The summed E-state index contributed by atoms with van der Waals surface area (Å²) in [4.78, 5) is 13.0. The maximum absolute atomic E-state index is 9.74. The van der Waals surface area contributed by atoms with Gasteiger partial charge in [0.15, 0.2) is 16.0 Å². The average Bonchev–Trinajstić information content (AvgIpc) is 3.25. The molecule has 0 radical (unpaired) electrons. The highest BCUT2D eigenvalue weighted by Gasteiger charge is 2.09. The predicted octanol–water partition coefficient (Wildman–Crippen LogP) is 4.67. The van der Waals surface area contributed by atoms with Gasteiger partial charge in [0.05, 0.1) is 24.7 Å². The Hall–Kier alpha value is -2.77. The van der Waals surface area contributed by atoms with Gasteiger partial charge in [-0.1, -0.05) is 11.6 Å². The molecular weight excluding hydrogens is 372 g/mol. The van der Waals surface area contributed by atoms with E-state index in [-0.39, 0.29) is 5.75 Å². The van der Waals surface area contributed by atoms with E-state index in [0.717, 1.165) is 27.2 Å². The van der Waals surface area contributed by atoms with Crippen LogP contribution >= 0.6 is 22.9 Å². The van der Waals surface area contributed by atoms with Gasteiger partial charge in [0.2, 0.25) is 0 Å². The maximum Gasteiger partial charge on any atom is 0.183 e. The van der Waals surface area contributed by atoms with Gasteiger partial charge in [0, 0.05) is 22.3 Å². The summed E-state index contributed by atoms with van der Waals surface area (Å²) in [5.74, 6) is 1.22. The van der Waals surface area contributed by atoms with Gasteiger partial charge in [0.25, 0.3) is 0 Å². The number of nitrogens with zero attached hydrogens (tertiary/aromatic N) is 2. The number of H-pyrrole nitrogens is 1. The number of aromatic nitrogens is 3. The molecule has 0 atom stereocenters. The van der Waals surface area contributed by atoms with Gasteiger partial charge in [0.1, 0.15) is 5.82 Å². The van der Waals surface area contributed by atoms with Gasteiger partial charge in [-0.05, 0) is 36.4 Å². The molecule has 2 aromatic carbocycles. The van der Waals surface area contributed by atoms with E-state index in [0.29, 0.717) is 22.6 Å². The lowest BCUT2D eigenvalue weighted by Gasteiger charge is -2.04. The van der Waals surface area contributed by atoms with Gasteiger partial charge in [-0.25, -0.2) is 9.97 Å². The molecule has 0 unspecified atom stereocenters. The van der Waals surface area contributed by atoms with Crippen LogP contribution in [0, 0.1) is 0 Å². The Labute approximate surface area is 158 Å². The second kappa shape index (κ2) is 6.86. The number of benzene rings is 2. The first-order chi connectivity index (χ1) is 12.6. The molecule has 0 spiro atoms. The van der Waals surface area contributed by atoms with E-state index < -0.39 is 0 Å². The van der Waals surface area contributed by atoms with Gasteiger partial charge < -0.3 is 20.1 Å². The Bertz CT molecular complexity index is 1080. The summed E-state index contributed by atoms with van der Waals surface area (Å²) >= 11 is 7.31. The molecule has 0 aliphatic rings. The third-order valence-electron chi connectivity index (χ3n) is 3.93.